The third-order valence-electron chi connectivity index (χ3n) is 2.63. The summed E-state index contributed by atoms with van der Waals surface area (Å²) in [6.07, 6.45) is 4.91. The molecule has 0 saturated carbocycles. The summed E-state index contributed by atoms with van der Waals surface area (Å²) in [5, 5.41) is 0.0656. The molecule has 0 fully saturated rings. The number of nitrogens with zero attached hydrogens (tertiary/aromatic N) is 5. The maximum atomic E-state index is 5.89. The van der Waals surface area contributed by atoms with E-state index in [0.29, 0.717) is 12.6 Å². The van der Waals surface area contributed by atoms with Crippen LogP contribution in [0.4, 0.5) is 0 Å². The quantitative estimate of drug-likeness (QED) is 0.710. The molecule has 21 heavy (non-hydrogen) atoms. The topological polar surface area (TPSA) is 65.7 Å². The van der Waals surface area contributed by atoms with Crippen molar-refractivity contribution >= 4 is 27.5 Å². The van der Waals surface area contributed by atoms with Crippen LogP contribution in [0.15, 0.2) is 47.5 Å². The van der Waals surface area contributed by atoms with Crippen molar-refractivity contribution in [3.63, 3.8) is 0 Å². The molecule has 3 rings (SSSR count). The minimum Gasteiger partial charge on any atom is -0.458 e. The smallest absolute Gasteiger partial charge is 0.322 e. The standard InChI is InChI=1S/C13H9BrClN5O/c14-10-4-2-1-3-9(10)7-21-13-18-11(15)17-12(19-13)20-6-5-16-8-20/h1-6,8H,7H2. The van der Waals surface area contributed by atoms with Gasteiger partial charge in [0.1, 0.15) is 12.9 Å². The Bertz CT molecular complexity index is 750. The van der Waals surface area contributed by atoms with Crippen molar-refractivity contribution in [3.05, 3.63) is 58.3 Å². The van der Waals surface area contributed by atoms with E-state index in [-0.39, 0.29) is 11.3 Å². The summed E-state index contributed by atoms with van der Waals surface area (Å²) in [4.78, 5) is 16.1. The van der Waals surface area contributed by atoms with Crippen LogP contribution in [0, 0.1) is 0 Å². The zero-order valence-corrected chi connectivity index (χ0v) is 13.0. The van der Waals surface area contributed by atoms with Crippen molar-refractivity contribution in [1.29, 1.82) is 0 Å². The van der Waals surface area contributed by atoms with Gasteiger partial charge >= 0.3 is 6.01 Å². The maximum Gasteiger partial charge on any atom is 0.322 e. The molecule has 2 heterocycles. The van der Waals surface area contributed by atoms with Crippen molar-refractivity contribution in [2.45, 2.75) is 6.61 Å². The average Bonchev–Trinajstić information content (AvgIpc) is 3.00. The summed E-state index contributed by atoms with van der Waals surface area (Å²) in [6.45, 7) is 0.325. The summed E-state index contributed by atoms with van der Waals surface area (Å²) >= 11 is 9.35. The van der Waals surface area contributed by atoms with Gasteiger partial charge in [0, 0.05) is 22.4 Å². The van der Waals surface area contributed by atoms with Gasteiger partial charge in [0.25, 0.3) is 0 Å². The number of imidazole rings is 1. The molecule has 0 amide bonds. The molecule has 0 radical (unpaired) electrons. The third-order valence-corrected chi connectivity index (χ3v) is 3.57. The van der Waals surface area contributed by atoms with Crippen molar-refractivity contribution < 1.29 is 4.74 Å². The van der Waals surface area contributed by atoms with Crippen LogP contribution >= 0.6 is 27.5 Å². The molecular weight excluding hydrogens is 358 g/mol. The van der Waals surface area contributed by atoms with Gasteiger partial charge in [-0.25, -0.2) is 4.98 Å². The predicted molar refractivity (Wildman–Crippen MR) is 80.4 cm³/mol. The Hall–Kier alpha value is -1.99. The van der Waals surface area contributed by atoms with Crippen LogP contribution in [0.1, 0.15) is 5.56 Å². The van der Waals surface area contributed by atoms with Gasteiger partial charge in [0.05, 0.1) is 0 Å². The summed E-state index contributed by atoms with van der Waals surface area (Å²) in [5.74, 6) is 0.356. The summed E-state index contributed by atoms with van der Waals surface area (Å²) in [5.41, 5.74) is 0.984. The molecule has 0 N–H and O–H groups in total. The van der Waals surface area contributed by atoms with Gasteiger partial charge in [-0.2, -0.15) is 15.0 Å². The first kappa shape index (κ1) is 14.0. The van der Waals surface area contributed by atoms with Gasteiger partial charge in [0.2, 0.25) is 11.2 Å². The van der Waals surface area contributed by atoms with Crippen molar-refractivity contribution in [2.24, 2.45) is 0 Å². The highest BCUT2D eigenvalue weighted by Gasteiger charge is 2.08. The second-order valence-corrected chi connectivity index (χ2v) is 5.23. The summed E-state index contributed by atoms with van der Waals surface area (Å²) in [6, 6.07) is 7.92. The zero-order valence-electron chi connectivity index (χ0n) is 10.6. The van der Waals surface area contributed by atoms with E-state index in [9.17, 15) is 0 Å². The Morgan fingerprint density at radius 2 is 2.05 bits per heavy atom. The van der Waals surface area contributed by atoms with E-state index in [1.54, 1.807) is 23.3 Å². The normalized spacial score (nSPS) is 10.6. The Balaban J connectivity index is 1.81. The molecule has 0 spiro atoms. The van der Waals surface area contributed by atoms with Crippen molar-refractivity contribution in [1.82, 2.24) is 24.5 Å². The van der Waals surface area contributed by atoms with E-state index in [0.717, 1.165) is 10.0 Å². The second-order valence-electron chi connectivity index (χ2n) is 4.04. The molecule has 3 aromatic rings. The molecule has 0 bridgehead atoms. The highest BCUT2D eigenvalue weighted by Crippen LogP contribution is 2.18. The second kappa shape index (κ2) is 6.19. The zero-order chi connectivity index (χ0) is 14.7. The molecule has 0 saturated heterocycles. The number of ether oxygens (including phenoxy) is 1. The molecule has 0 aliphatic carbocycles. The average molecular weight is 367 g/mol. The molecule has 8 heteroatoms. The van der Waals surface area contributed by atoms with Crippen LogP contribution in [0.25, 0.3) is 5.95 Å². The van der Waals surface area contributed by atoms with Crippen molar-refractivity contribution in [2.75, 3.05) is 0 Å². The summed E-state index contributed by atoms with van der Waals surface area (Å²) in [7, 11) is 0. The number of hydrogen-bond acceptors (Lipinski definition) is 5. The van der Waals surface area contributed by atoms with E-state index in [4.69, 9.17) is 16.3 Å². The van der Waals surface area contributed by atoms with Gasteiger partial charge in [-0.05, 0) is 17.7 Å². The van der Waals surface area contributed by atoms with Crippen LogP contribution < -0.4 is 4.74 Å². The lowest BCUT2D eigenvalue weighted by atomic mass is 10.2. The summed E-state index contributed by atoms with van der Waals surface area (Å²) < 4.78 is 8.16. The van der Waals surface area contributed by atoms with Crippen LogP contribution in [0.5, 0.6) is 6.01 Å². The van der Waals surface area contributed by atoms with Gasteiger partial charge < -0.3 is 4.74 Å². The van der Waals surface area contributed by atoms with E-state index < -0.39 is 0 Å². The number of halogens is 2. The van der Waals surface area contributed by atoms with Crippen LogP contribution in [0.3, 0.4) is 0 Å². The lowest BCUT2D eigenvalue weighted by molar-refractivity contribution is 0.278. The fraction of sp³-hybridized carbons (Fsp3) is 0.0769. The van der Waals surface area contributed by atoms with E-state index >= 15 is 0 Å². The number of aromatic nitrogens is 5. The first-order valence-corrected chi connectivity index (χ1v) is 7.15. The molecule has 106 valence electrons. The lowest BCUT2D eigenvalue weighted by Gasteiger charge is -2.07. The molecule has 6 nitrogen and oxygen atoms in total. The first-order chi connectivity index (χ1) is 10.2. The number of benzene rings is 1. The first-order valence-electron chi connectivity index (χ1n) is 5.98. The van der Waals surface area contributed by atoms with E-state index in [1.807, 2.05) is 24.3 Å². The molecule has 0 aliphatic rings. The van der Waals surface area contributed by atoms with Crippen LogP contribution in [0.2, 0.25) is 5.28 Å². The van der Waals surface area contributed by atoms with Gasteiger partial charge in [-0.1, -0.05) is 34.1 Å². The fourth-order valence-electron chi connectivity index (χ4n) is 1.64. The minimum absolute atomic E-state index is 0.0656. The Morgan fingerprint density at radius 3 is 2.81 bits per heavy atom. The van der Waals surface area contributed by atoms with Gasteiger partial charge in [-0.15, -0.1) is 0 Å². The Labute approximate surface area is 133 Å². The van der Waals surface area contributed by atoms with E-state index in [2.05, 4.69) is 35.9 Å². The molecule has 0 unspecified atom stereocenters. The molecular formula is C13H9BrClN5O. The fourth-order valence-corrected chi connectivity index (χ4v) is 2.18. The van der Waals surface area contributed by atoms with Gasteiger partial charge in [-0.3, -0.25) is 4.57 Å². The molecule has 1 aromatic carbocycles. The maximum absolute atomic E-state index is 5.89. The van der Waals surface area contributed by atoms with Crippen LogP contribution in [-0.4, -0.2) is 24.5 Å². The lowest BCUT2D eigenvalue weighted by Crippen LogP contribution is -2.06. The largest absolute Gasteiger partial charge is 0.458 e. The highest BCUT2D eigenvalue weighted by atomic mass is 79.9. The SMILES string of the molecule is Clc1nc(OCc2ccccc2Br)nc(-n2ccnc2)n1. The Morgan fingerprint density at radius 1 is 1.19 bits per heavy atom. The highest BCUT2D eigenvalue weighted by molar-refractivity contribution is 9.10. The predicted octanol–water partition coefficient (Wildman–Crippen LogP) is 3.05. The third kappa shape index (κ3) is 3.37. The Kier molecular flexibility index (Phi) is 4.12. The minimum atomic E-state index is 0.0656. The number of rotatable bonds is 4. The molecule has 0 aliphatic heterocycles. The van der Waals surface area contributed by atoms with Crippen molar-refractivity contribution in [3.8, 4) is 12.0 Å². The number of hydrogen-bond donors (Lipinski definition) is 0. The van der Waals surface area contributed by atoms with Gasteiger partial charge in [0.15, 0.2) is 0 Å². The van der Waals surface area contributed by atoms with Crippen LogP contribution in [-0.2, 0) is 6.61 Å². The molecule has 2 aromatic heterocycles. The van der Waals surface area contributed by atoms with E-state index in [1.165, 1.54) is 0 Å². The molecule has 0 atom stereocenters. The monoisotopic (exact) mass is 365 g/mol.